The van der Waals surface area contributed by atoms with Gasteiger partial charge in [-0.1, -0.05) is 12.1 Å². The van der Waals surface area contributed by atoms with Crippen molar-refractivity contribution >= 4 is 48.1 Å². The van der Waals surface area contributed by atoms with Crippen LogP contribution in [0.15, 0.2) is 30.5 Å². The molecule has 0 aliphatic carbocycles. The lowest BCUT2D eigenvalue weighted by Crippen LogP contribution is -2.36. The Bertz CT molecular complexity index is 1360. The predicted molar refractivity (Wildman–Crippen MR) is 127 cm³/mol. The number of benzene rings is 1. The third kappa shape index (κ3) is 4.46. The van der Waals surface area contributed by atoms with Gasteiger partial charge in [0.2, 0.25) is 0 Å². The summed E-state index contributed by atoms with van der Waals surface area (Å²) >= 11 is 1.65. The van der Waals surface area contributed by atoms with E-state index in [4.69, 9.17) is 14.7 Å². The molecule has 168 valence electrons. The first-order valence-electron chi connectivity index (χ1n) is 10.4. The molecule has 3 aromatic heterocycles. The highest BCUT2D eigenvalue weighted by atomic mass is 32.2. The summed E-state index contributed by atoms with van der Waals surface area (Å²) in [5, 5.41) is 11.4. The van der Waals surface area contributed by atoms with Crippen LogP contribution in [-0.2, 0) is 21.1 Å². The monoisotopic (exact) mass is 472 g/mol. The maximum atomic E-state index is 11.4. The summed E-state index contributed by atoms with van der Waals surface area (Å²) in [6, 6.07) is 8.04. The third-order valence-corrected chi connectivity index (χ3v) is 7.46. The quantitative estimate of drug-likeness (QED) is 0.394. The van der Waals surface area contributed by atoms with Gasteiger partial charge < -0.3 is 15.0 Å². The minimum Gasteiger partial charge on any atom is -0.378 e. The molecule has 1 aliphatic rings. The minimum absolute atomic E-state index is 0.121. The number of ether oxygens (including phenoxy) is 1. The molecule has 1 fully saturated rings. The predicted octanol–water partition coefficient (Wildman–Crippen LogP) is 2.21. The first kappa shape index (κ1) is 21.3. The van der Waals surface area contributed by atoms with Crippen LogP contribution >= 0.6 is 11.3 Å². The topological polar surface area (TPSA) is 113 Å². The smallest absolute Gasteiger partial charge is 0.162 e. The van der Waals surface area contributed by atoms with E-state index in [0.29, 0.717) is 32.1 Å². The van der Waals surface area contributed by atoms with E-state index >= 15 is 0 Å². The number of hydrogen-bond donors (Lipinski definition) is 2. The van der Waals surface area contributed by atoms with Crippen molar-refractivity contribution < 1.29 is 13.2 Å². The Balaban J connectivity index is 1.53. The van der Waals surface area contributed by atoms with E-state index in [1.54, 1.807) is 17.5 Å². The van der Waals surface area contributed by atoms with Gasteiger partial charge in [0.15, 0.2) is 11.6 Å². The summed E-state index contributed by atoms with van der Waals surface area (Å²) in [6.07, 6.45) is 3.05. The summed E-state index contributed by atoms with van der Waals surface area (Å²) in [4.78, 5) is 13.2. The van der Waals surface area contributed by atoms with Crippen LogP contribution in [0, 0.1) is 0 Å². The van der Waals surface area contributed by atoms with Crippen molar-refractivity contribution in [2.75, 3.05) is 49.8 Å². The molecule has 0 saturated carbocycles. The number of rotatable bonds is 7. The summed E-state index contributed by atoms with van der Waals surface area (Å²) < 4.78 is 29.3. The largest absolute Gasteiger partial charge is 0.378 e. The average Bonchev–Trinajstić information content (AvgIpc) is 3.42. The van der Waals surface area contributed by atoms with E-state index in [1.807, 2.05) is 18.2 Å². The van der Waals surface area contributed by atoms with Crippen molar-refractivity contribution in [3.8, 4) is 11.4 Å². The van der Waals surface area contributed by atoms with Gasteiger partial charge in [-0.25, -0.2) is 18.4 Å². The first-order valence-corrected chi connectivity index (χ1v) is 13.3. The summed E-state index contributed by atoms with van der Waals surface area (Å²) in [5.74, 6) is 1.71. The van der Waals surface area contributed by atoms with Crippen molar-refractivity contribution in [2.24, 2.45) is 0 Å². The molecule has 9 nitrogen and oxygen atoms in total. The fourth-order valence-electron chi connectivity index (χ4n) is 3.79. The molecule has 0 radical (unpaired) electrons. The van der Waals surface area contributed by atoms with Crippen LogP contribution in [0.1, 0.15) is 4.88 Å². The second kappa shape index (κ2) is 8.74. The van der Waals surface area contributed by atoms with E-state index in [9.17, 15) is 8.42 Å². The van der Waals surface area contributed by atoms with Gasteiger partial charge in [0.05, 0.1) is 40.9 Å². The molecule has 1 aromatic carbocycles. The van der Waals surface area contributed by atoms with Crippen LogP contribution in [0.2, 0.25) is 0 Å². The Labute approximate surface area is 189 Å². The number of thiophene rings is 1. The molecule has 0 unspecified atom stereocenters. The number of morpholine rings is 1. The summed E-state index contributed by atoms with van der Waals surface area (Å²) in [5.41, 5.74) is 2.77. The highest BCUT2D eigenvalue weighted by Gasteiger charge is 2.21. The maximum absolute atomic E-state index is 11.4. The standard InChI is InChI=1S/C21H24N6O3S2/c1-32(28,29)10-5-22-12-14-11-18-19(31-14)21(27-6-8-30-9-7-27)25-20(24-18)15-3-2-4-17-16(15)13-23-26-17/h2-4,11,13,22H,5-10,12H2,1H3,(H,23,26). The van der Waals surface area contributed by atoms with E-state index in [-0.39, 0.29) is 5.75 Å². The van der Waals surface area contributed by atoms with Gasteiger partial charge in [0.25, 0.3) is 0 Å². The summed E-state index contributed by atoms with van der Waals surface area (Å²) in [7, 11) is -2.98. The van der Waals surface area contributed by atoms with Crippen LogP contribution in [0.25, 0.3) is 32.5 Å². The number of aromatic amines is 1. The number of aromatic nitrogens is 4. The second-order valence-corrected chi connectivity index (χ2v) is 11.2. The van der Waals surface area contributed by atoms with Crippen LogP contribution < -0.4 is 10.2 Å². The molecule has 0 spiro atoms. The van der Waals surface area contributed by atoms with Gasteiger partial charge in [-0.2, -0.15) is 5.10 Å². The number of hydrogen-bond acceptors (Lipinski definition) is 9. The van der Waals surface area contributed by atoms with Crippen LogP contribution in [0.3, 0.4) is 0 Å². The molecule has 32 heavy (non-hydrogen) atoms. The highest BCUT2D eigenvalue weighted by molar-refractivity contribution is 7.90. The average molecular weight is 473 g/mol. The van der Waals surface area contributed by atoms with Gasteiger partial charge >= 0.3 is 0 Å². The normalized spacial score (nSPS) is 15.1. The van der Waals surface area contributed by atoms with E-state index < -0.39 is 9.84 Å². The molecule has 1 saturated heterocycles. The third-order valence-electron chi connectivity index (χ3n) is 5.39. The maximum Gasteiger partial charge on any atom is 0.162 e. The lowest BCUT2D eigenvalue weighted by molar-refractivity contribution is 0.122. The van der Waals surface area contributed by atoms with Crippen LogP contribution in [0.4, 0.5) is 5.82 Å². The molecule has 11 heteroatoms. The molecular formula is C21H24N6O3S2. The van der Waals surface area contributed by atoms with E-state index in [2.05, 4.69) is 26.5 Å². The number of anilines is 1. The van der Waals surface area contributed by atoms with Gasteiger partial charge in [-0.3, -0.25) is 5.10 Å². The van der Waals surface area contributed by atoms with Crippen molar-refractivity contribution in [3.63, 3.8) is 0 Å². The zero-order chi connectivity index (χ0) is 22.1. The molecule has 0 amide bonds. The van der Waals surface area contributed by atoms with Gasteiger partial charge in [-0.05, 0) is 12.1 Å². The Hall–Kier alpha value is -2.60. The Kier molecular flexibility index (Phi) is 5.80. The first-order chi connectivity index (χ1) is 15.5. The zero-order valence-electron chi connectivity index (χ0n) is 17.7. The molecule has 0 atom stereocenters. The molecule has 5 rings (SSSR count). The molecule has 0 bridgehead atoms. The lowest BCUT2D eigenvalue weighted by Gasteiger charge is -2.28. The SMILES string of the molecule is CS(=O)(=O)CCNCc1cc2nc(-c3cccc4[nH]ncc34)nc(N3CCOCC3)c2s1. The van der Waals surface area contributed by atoms with Crippen molar-refractivity contribution in [1.82, 2.24) is 25.5 Å². The number of nitrogens with one attached hydrogen (secondary N) is 2. The van der Waals surface area contributed by atoms with E-state index in [0.717, 1.165) is 50.5 Å². The number of nitrogens with zero attached hydrogens (tertiary/aromatic N) is 4. The Morgan fingerprint density at radius 1 is 1.25 bits per heavy atom. The van der Waals surface area contributed by atoms with Gasteiger partial charge in [0.1, 0.15) is 9.84 Å². The van der Waals surface area contributed by atoms with Crippen molar-refractivity contribution in [1.29, 1.82) is 0 Å². The fraction of sp³-hybridized carbons (Fsp3) is 0.381. The van der Waals surface area contributed by atoms with Crippen LogP contribution in [-0.4, -0.2) is 73.4 Å². The van der Waals surface area contributed by atoms with E-state index in [1.165, 1.54) is 6.26 Å². The molecule has 2 N–H and O–H groups in total. The zero-order valence-corrected chi connectivity index (χ0v) is 19.3. The van der Waals surface area contributed by atoms with Crippen LogP contribution in [0.5, 0.6) is 0 Å². The van der Waals surface area contributed by atoms with Gasteiger partial charge in [0, 0.05) is 48.3 Å². The Morgan fingerprint density at radius 2 is 2.09 bits per heavy atom. The molecule has 1 aliphatic heterocycles. The molecular weight excluding hydrogens is 448 g/mol. The summed E-state index contributed by atoms with van der Waals surface area (Å²) in [6.45, 7) is 3.91. The van der Waals surface area contributed by atoms with Crippen molar-refractivity contribution in [3.05, 3.63) is 35.3 Å². The number of fused-ring (bicyclic) bond motifs is 2. The van der Waals surface area contributed by atoms with Gasteiger partial charge in [-0.15, -0.1) is 11.3 Å². The van der Waals surface area contributed by atoms with Crippen molar-refractivity contribution in [2.45, 2.75) is 6.54 Å². The number of H-pyrrole nitrogens is 1. The Morgan fingerprint density at radius 3 is 2.91 bits per heavy atom. The highest BCUT2D eigenvalue weighted by Crippen LogP contribution is 2.35. The molecule has 4 heterocycles. The second-order valence-electron chi connectivity index (χ2n) is 7.84. The lowest BCUT2D eigenvalue weighted by atomic mass is 10.1. The molecule has 4 aromatic rings. The fourth-order valence-corrected chi connectivity index (χ4v) is 5.39. The minimum atomic E-state index is -2.98. The number of sulfone groups is 1.